The number of benzene rings is 2. The molecule has 36 heavy (non-hydrogen) atoms. The molecule has 0 saturated carbocycles. The fourth-order valence-corrected chi connectivity index (χ4v) is 3.94. The van der Waals surface area contributed by atoms with Crippen molar-refractivity contribution in [1.82, 2.24) is 0 Å². The monoisotopic (exact) mass is 503 g/mol. The Kier molecular flexibility index (Phi) is 6.40. The summed E-state index contributed by atoms with van der Waals surface area (Å²) < 4.78 is 58.4. The number of anilines is 1. The molecule has 0 bridgehead atoms. The molecule has 11 heteroatoms. The second kappa shape index (κ2) is 9.33. The highest BCUT2D eigenvalue weighted by atomic mass is 19.4. The molecule has 2 aromatic carbocycles. The summed E-state index contributed by atoms with van der Waals surface area (Å²) in [7, 11) is 2.82. The molecule has 0 aliphatic carbocycles. The number of alkyl halides is 3. The van der Waals surface area contributed by atoms with Crippen LogP contribution in [0.15, 0.2) is 64.6 Å². The average Bonchev–Trinajstić information content (AvgIpc) is 3.37. The normalized spacial score (nSPS) is 17.4. The van der Waals surface area contributed by atoms with Crippen molar-refractivity contribution in [2.24, 2.45) is 0 Å². The maximum Gasteiger partial charge on any atom is 0.573 e. The van der Waals surface area contributed by atoms with Crippen LogP contribution < -0.4 is 19.1 Å². The number of furan rings is 1. The van der Waals surface area contributed by atoms with E-state index in [0.29, 0.717) is 11.5 Å². The number of amides is 1. The van der Waals surface area contributed by atoms with Crippen LogP contribution in [0.4, 0.5) is 18.9 Å². The number of aryl methyl sites for hydroxylation is 1. The number of rotatable bonds is 6. The van der Waals surface area contributed by atoms with Crippen LogP contribution in [0, 0.1) is 6.92 Å². The van der Waals surface area contributed by atoms with Gasteiger partial charge in [-0.3, -0.25) is 14.5 Å². The largest absolute Gasteiger partial charge is 0.573 e. The number of halogens is 3. The zero-order chi connectivity index (χ0) is 26.2. The number of carbonyl (C=O) groups is 2. The molecule has 1 aromatic heterocycles. The van der Waals surface area contributed by atoms with Crippen LogP contribution in [0.3, 0.4) is 0 Å². The molecule has 0 radical (unpaired) electrons. The Hall–Kier alpha value is -4.41. The molecule has 3 aromatic rings. The molecule has 1 N–H and O–H groups in total. The van der Waals surface area contributed by atoms with E-state index in [1.165, 1.54) is 50.6 Å². The number of methoxy groups -OCH3 is 2. The second-order valence-corrected chi connectivity index (χ2v) is 7.73. The molecule has 0 spiro atoms. The Morgan fingerprint density at radius 1 is 1.00 bits per heavy atom. The van der Waals surface area contributed by atoms with E-state index in [2.05, 4.69) is 4.74 Å². The van der Waals surface area contributed by atoms with E-state index in [-0.39, 0.29) is 28.3 Å². The minimum Gasteiger partial charge on any atom is -0.507 e. The molecule has 4 rings (SSSR count). The number of ether oxygens (including phenoxy) is 3. The van der Waals surface area contributed by atoms with Crippen molar-refractivity contribution < 1.29 is 46.5 Å². The Morgan fingerprint density at radius 2 is 1.72 bits per heavy atom. The fraction of sp³-hybridized carbons (Fsp3) is 0.200. The summed E-state index contributed by atoms with van der Waals surface area (Å²) in [5, 5.41) is 11.2. The average molecular weight is 503 g/mol. The van der Waals surface area contributed by atoms with E-state index in [1.54, 1.807) is 13.0 Å². The molecule has 2 heterocycles. The van der Waals surface area contributed by atoms with Gasteiger partial charge in [-0.1, -0.05) is 6.07 Å². The van der Waals surface area contributed by atoms with Gasteiger partial charge >= 0.3 is 6.36 Å². The Labute approximate surface area is 203 Å². The van der Waals surface area contributed by atoms with Crippen LogP contribution in [0.2, 0.25) is 0 Å². The third-order valence-electron chi connectivity index (χ3n) is 5.46. The van der Waals surface area contributed by atoms with Gasteiger partial charge in [0.15, 0.2) is 11.5 Å². The maximum atomic E-state index is 13.2. The van der Waals surface area contributed by atoms with Gasteiger partial charge in [0.05, 0.1) is 19.8 Å². The summed E-state index contributed by atoms with van der Waals surface area (Å²) in [5.74, 6) is -2.03. The highest BCUT2D eigenvalue weighted by Crippen LogP contribution is 2.44. The standard InChI is InChI=1S/C25H20F3NO7/c1-13-7-9-18(35-13)21-20(22(30)14-8-10-17(33-2)19(11-14)34-3)23(31)24(32)29(21)15-5-4-6-16(12-15)36-25(26,27)28/h4-12,21,30H,1-3H3/b22-20-. The number of ketones is 1. The predicted molar refractivity (Wildman–Crippen MR) is 121 cm³/mol. The van der Waals surface area contributed by atoms with Crippen molar-refractivity contribution in [1.29, 1.82) is 0 Å². The summed E-state index contributed by atoms with van der Waals surface area (Å²) >= 11 is 0. The molecule has 188 valence electrons. The van der Waals surface area contributed by atoms with E-state index in [1.807, 2.05) is 0 Å². The van der Waals surface area contributed by atoms with Crippen molar-refractivity contribution in [3.8, 4) is 17.2 Å². The van der Waals surface area contributed by atoms with E-state index >= 15 is 0 Å². The molecule has 8 nitrogen and oxygen atoms in total. The van der Waals surface area contributed by atoms with Gasteiger partial charge in [0.25, 0.3) is 11.7 Å². The lowest BCUT2D eigenvalue weighted by Crippen LogP contribution is -2.29. The third-order valence-corrected chi connectivity index (χ3v) is 5.46. The fourth-order valence-electron chi connectivity index (χ4n) is 3.94. The minimum atomic E-state index is -4.96. The van der Waals surface area contributed by atoms with Crippen molar-refractivity contribution >= 4 is 23.1 Å². The smallest absolute Gasteiger partial charge is 0.507 e. The summed E-state index contributed by atoms with van der Waals surface area (Å²) in [6.45, 7) is 1.64. The number of aliphatic hydroxyl groups excluding tert-OH is 1. The van der Waals surface area contributed by atoms with Crippen LogP contribution in [-0.4, -0.2) is 37.4 Å². The quantitative estimate of drug-likeness (QED) is 0.283. The highest BCUT2D eigenvalue weighted by Gasteiger charge is 2.48. The Bertz CT molecular complexity index is 1360. The first-order valence-electron chi connectivity index (χ1n) is 10.5. The first-order chi connectivity index (χ1) is 17.0. The van der Waals surface area contributed by atoms with Gasteiger partial charge < -0.3 is 23.7 Å². The van der Waals surface area contributed by atoms with Crippen molar-refractivity contribution in [3.63, 3.8) is 0 Å². The van der Waals surface area contributed by atoms with E-state index in [4.69, 9.17) is 13.9 Å². The van der Waals surface area contributed by atoms with Crippen LogP contribution in [0.5, 0.6) is 17.2 Å². The topological polar surface area (TPSA) is 98.4 Å². The summed E-state index contributed by atoms with van der Waals surface area (Å²) in [5.41, 5.74) is -0.235. The lowest BCUT2D eigenvalue weighted by molar-refractivity contribution is -0.274. The summed E-state index contributed by atoms with van der Waals surface area (Å²) in [6, 6.07) is 10.8. The third kappa shape index (κ3) is 4.59. The molecular formula is C25H20F3NO7. The number of hydrogen-bond acceptors (Lipinski definition) is 7. The molecule has 1 amide bonds. The van der Waals surface area contributed by atoms with Crippen molar-refractivity contribution in [2.75, 3.05) is 19.1 Å². The van der Waals surface area contributed by atoms with Crippen LogP contribution in [-0.2, 0) is 9.59 Å². The first-order valence-corrected chi connectivity index (χ1v) is 10.5. The molecule has 1 aliphatic rings. The summed E-state index contributed by atoms with van der Waals surface area (Å²) in [6.07, 6.45) is -4.96. The van der Waals surface area contributed by atoms with E-state index < -0.39 is 35.6 Å². The number of nitrogens with zero attached hydrogens (tertiary/aromatic N) is 1. The van der Waals surface area contributed by atoms with E-state index in [0.717, 1.165) is 17.0 Å². The first kappa shape index (κ1) is 24.7. The van der Waals surface area contributed by atoms with Crippen LogP contribution in [0.25, 0.3) is 5.76 Å². The molecule has 1 aliphatic heterocycles. The zero-order valence-corrected chi connectivity index (χ0v) is 19.3. The van der Waals surface area contributed by atoms with Gasteiger partial charge in [0.1, 0.15) is 29.1 Å². The lowest BCUT2D eigenvalue weighted by atomic mass is 9.99. The van der Waals surface area contributed by atoms with Crippen molar-refractivity contribution in [2.45, 2.75) is 19.3 Å². The van der Waals surface area contributed by atoms with Gasteiger partial charge in [-0.25, -0.2) is 0 Å². The Balaban J connectivity index is 1.89. The van der Waals surface area contributed by atoms with Crippen molar-refractivity contribution in [3.05, 3.63) is 77.3 Å². The number of Topliss-reactive ketones (excluding diaryl/α,β-unsaturated/α-hetero) is 1. The Morgan fingerprint density at radius 3 is 2.33 bits per heavy atom. The molecule has 1 atom stereocenters. The number of hydrogen-bond donors (Lipinski definition) is 1. The molecule has 1 fully saturated rings. The van der Waals surface area contributed by atoms with Gasteiger partial charge in [0.2, 0.25) is 0 Å². The minimum absolute atomic E-state index is 0.0655. The number of carbonyl (C=O) groups excluding carboxylic acids is 2. The van der Waals surface area contributed by atoms with Gasteiger partial charge in [0, 0.05) is 17.3 Å². The molecule has 1 unspecified atom stereocenters. The van der Waals surface area contributed by atoms with Crippen LogP contribution in [0.1, 0.15) is 23.1 Å². The molecular weight excluding hydrogens is 483 g/mol. The lowest BCUT2D eigenvalue weighted by Gasteiger charge is -2.24. The predicted octanol–water partition coefficient (Wildman–Crippen LogP) is 5.13. The van der Waals surface area contributed by atoms with Gasteiger partial charge in [-0.15, -0.1) is 13.2 Å². The molecule has 1 saturated heterocycles. The van der Waals surface area contributed by atoms with Gasteiger partial charge in [-0.2, -0.15) is 0 Å². The van der Waals surface area contributed by atoms with Gasteiger partial charge in [-0.05, 0) is 49.4 Å². The summed E-state index contributed by atoms with van der Waals surface area (Å²) in [4.78, 5) is 27.3. The zero-order valence-electron chi connectivity index (χ0n) is 19.3. The maximum absolute atomic E-state index is 13.2. The highest BCUT2D eigenvalue weighted by molar-refractivity contribution is 6.51. The van der Waals surface area contributed by atoms with E-state index in [9.17, 15) is 27.9 Å². The number of aliphatic hydroxyl groups is 1. The van der Waals surface area contributed by atoms with Crippen LogP contribution >= 0.6 is 0 Å². The second-order valence-electron chi connectivity index (χ2n) is 7.73. The SMILES string of the molecule is COc1ccc(/C(O)=C2/C(=O)C(=O)N(c3cccc(OC(F)(F)F)c3)C2c2ccc(C)o2)cc1OC.